The Labute approximate surface area is 97.5 Å². The molecule has 0 aliphatic carbocycles. The van der Waals surface area contributed by atoms with Gasteiger partial charge >= 0.3 is 0 Å². The van der Waals surface area contributed by atoms with Crippen molar-refractivity contribution in [1.29, 1.82) is 0 Å². The van der Waals surface area contributed by atoms with Gasteiger partial charge in [-0.25, -0.2) is 4.39 Å². The number of ether oxygens (including phenoxy) is 1. The second kappa shape index (κ2) is 4.82. The third-order valence-corrected chi connectivity index (χ3v) is 2.24. The predicted molar refractivity (Wildman–Crippen MR) is 60.4 cm³/mol. The van der Waals surface area contributed by atoms with E-state index >= 15 is 0 Å². The van der Waals surface area contributed by atoms with Crippen molar-refractivity contribution >= 4 is 0 Å². The first-order valence-corrected chi connectivity index (χ1v) is 5.12. The van der Waals surface area contributed by atoms with E-state index in [1.165, 1.54) is 24.5 Å². The topological polar surface area (TPSA) is 39.4 Å². The average Bonchev–Trinajstić information content (AvgIpc) is 2.30. The molecule has 0 N–H and O–H groups in total. The zero-order valence-corrected chi connectivity index (χ0v) is 9.27. The summed E-state index contributed by atoms with van der Waals surface area (Å²) in [5.41, 5.74) is 0.558. The van der Waals surface area contributed by atoms with Crippen LogP contribution in [0.25, 0.3) is 0 Å². The van der Waals surface area contributed by atoms with Gasteiger partial charge in [-0.05, 0) is 24.6 Å². The van der Waals surface area contributed by atoms with Gasteiger partial charge in [0.05, 0.1) is 0 Å². The Kier molecular flexibility index (Phi) is 3.23. The summed E-state index contributed by atoms with van der Waals surface area (Å²) >= 11 is 0. The maximum atomic E-state index is 12.7. The van der Waals surface area contributed by atoms with Crippen molar-refractivity contribution in [2.45, 2.75) is 13.5 Å². The van der Waals surface area contributed by atoms with Gasteiger partial charge in [-0.1, -0.05) is 12.1 Å². The molecule has 4 heteroatoms. The highest BCUT2D eigenvalue weighted by molar-refractivity contribution is 5.19. The molecule has 0 amide bonds. The van der Waals surface area contributed by atoms with E-state index in [4.69, 9.17) is 9.15 Å². The van der Waals surface area contributed by atoms with Crippen molar-refractivity contribution in [1.82, 2.24) is 0 Å². The highest BCUT2D eigenvalue weighted by Gasteiger charge is 2.02. The number of benzene rings is 1. The zero-order valence-electron chi connectivity index (χ0n) is 9.27. The predicted octanol–water partition coefficient (Wildman–Crippen LogP) is 2.67. The summed E-state index contributed by atoms with van der Waals surface area (Å²) in [6.45, 7) is 1.89. The molecule has 1 heterocycles. The van der Waals surface area contributed by atoms with Crippen LogP contribution in [0.1, 0.15) is 11.3 Å². The lowest BCUT2D eigenvalue weighted by molar-refractivity contribution is 0.290. The molecule has 3 nitrogen and oxygen atoms in total. The van der Waals surface area contributed by atoms with Crippen molar-refractivity contribution in [3.05, 3.63) is 64.0 Å². The Morgan fingerprint density at radius 3 is 2.65 bits per heavy atom. The molecule has 1 aromatic heterocycles. The average molecular weight is 234 g/mol. The highest BCUT2D eigenvalue weighted by atomic mass is 19.1. The van der Waals surface area contributed by atoms with Gasteiger partial charge in [-0.15, -0.1) is 0 Å². The Bertz CT molecular complexity index is 558. The van der Waals surface area contributed by atoms with E-state index in [9.17, 15) is 9.18 Å². The van der Waals surface area contributed by atoms with Crippen molar-refractivity contribution in [3.63, 3.8) is 0 Å². The van der Waals surface area contributed by atoms with Gasteiger partial charge in [0.1, 0.15) is 24.4 Å². The van der Waals surface area contributed by atoms with E-state index in [1.54, 1.807) is 19.1 Å². The van der Waals surface area contributed by atoms with Gasteiger partial charge in [0.25, 0.3) is 0 Å². The molecule has 0 saturated heterocycles. The summed E-state index contributed by atoms with van der Waals surface area (Å²) in [6.07, 6.45) is 1.28. The van der Waals surface area contributed by atoms with Crippen molar-refractivity contribution in [2.75, 3.05) is 0 Å². The lowest BCUT2D eigenvalue weighted by Crippen LogP contribution is -2.07. The van der Waals surface area contributed by atoms with Crippen LogP contribution < -0.4 is 10.2 Å². The maximum Gasteiger partial charge on any atom is 0.226 e. The number of hydrogen-bond acceptors (Lipinski definition) is 3. The largest absolute Gasteiger partial charge is 0.482 e. The smallest absolute Gasteiger partial charge is 0.226 e. The van der Waals surface area contributed by atoms with Gasteiger partial charge in [-0.3, -0.25) is 4.79 Å². The standard InChI is InChI=1S/C13H11FO3/c1-9-6-12(15)13(8-16-9)17-7-10-2-4-11(14)5-3-10/h2-6,8H,7H2,1H3. The van der Waals surface area contributed by atoms with Crippen molar-refractivity contribution in [2.24, 2.45) is 0 Å². The van der Waals surface area contributed by atoms with Crippen LogP contribution in [-0.2, 0) is 6.61 Å². The fourth-order valence-corrected chi connectivity index (χ4v) is 1.34. The molecule has 0 aliphatic rings. The van der Waals surface area contributed by atoms with E-state index in [0.29, 0.717) is 5.76 Å². The van der Waals surface area contributed by atoms with E-state index < -0.39 is 0 Å². The quantitative estimate of drug-likeness (QED) is 0.819. The number of aryl methyl sites for hydroxylation is 1. The lowest BCUT2D eigenvalue weighted by Gasteiger charge is -2.04. The Morgan fingerprint density at radius 2 is 2.00 bits per heavy atom. The number of hydrogen-bond donors (Lipinski definition) is 0. The SMILES string of the molecule is Cc1cc(=O)c(OCc2ccc(F)cc2)co1. The summed E-state index contributed by atoms with van der Waals surface area (Å²) < 4.78 is 23.0. The molecule has 0 aliphatic heterocycles. The summed E-state index contributed by atoms with van der Waals surface area (Å²) in [6, 6.07) is 7.25. The number of rotatable bonds is 3. The first kappa shape index (κ1) is 11.4. The van der Waals surface area contributed by atoms with E-state index in [-0.39, 0.29) is 23.6 Å². The summed E-state index contributed by atoms with van der Waals surface area (Å²) in [7, 11) is 0. The van der Waals surface area contributed by atoms with Gasteiger partial charge in [0.2, 0.25) is 11.2 Å². The van der Waals surface area contributed by atoms with Gasteiger partial charge in [0, 0.05) is 6.07 Å². The molecule has 17 heavy (non-hydrogen) atoms. The fourth-order valence-electron chi connectivity index (χ4n) is 1.34. The molecule has 0 saturated carbocycles. The van der Waals surface area contributed by atoms with Crippen molar-refractivity contribution < 1.29 is 13.5 Å². The molecule has 0 bridgehead atoms. The van der Waals surface area contributed by atoms with Crippen LogP contribution in [-0.4, -0.2) is 0 Å². The molecule has 2 rings (SSSR count). The van der Waals surface area contributed by atoms with Crippen LogP contribution >= 0.6 is 0 Å². The van der Waals surface area contributed by atoms with Crippen LogP contribution in [0.4, 0.5) is 4.39 Å². The van der Waals surface area contributed by atoms with Crippen LogP contribution in [0.2, 0.25) is 0 Å². The molecule has 88 valence electrons. The molecule has 0 radical (unpaired) electrons. The number of halogens is 1. The molecular formula is C13H11FO3. The Balaban J connectivity index is 2.07. The molecular weight excluding hydrogens is 223 g/mol. The normalized spacial score (nSPS) is 10.2. The minimum absolute atomic E-state index is 0.153. The van der Waals surface area contributed by atoms with Gasteiger partial charge < -0.3 is 9.15 Å². The van der Waals surface area contributed by atoms with Crippen LogP contribution in [0.5, 0.6) is 5.75 Å². The third-order valence-electron chi connectivity index (χ3n) is 2.24. The van der Waals surface area contributed by atoms with E-state index in [1.807, 2.05) is 0 Å². The molecule has 1 aromatic carbocycles. The first-order chi connectivity index (χ1) is 8.15. The maximum absolute atomic E-state index is 12.7. The second-order valence-electron chi connectivity index (χ2n) is 3.63. The molecule has 0 atom stereocenters. The van der Waals surface area contributed by atoms with Gasteiger partial charge in [-0.2, -0.15) is 0 Å². The van der Waals surface area contributed by atoms with Crippen LogP contribution in [0.3, 0.4) is 0 Å². The van der Waals surface area contributed by atoms with Crippen LogP contribution in [0.15, 0.2) is 45.8 Å². The highest BCUT2D eigenvalue weighted by Crippen LogP contribution is 2.09. The molecule has 0 fully saturated rings. The lowest BCUT2D eigenvalue weighted by atomic mass is 10.2. The van der Waals surface area contributed by atoms with Crippen LogP contribution in [0, 0.1) is 12.7 Å². The zero-order chi connectivity index (χ0) is 12.3. The summed E-state index contributed by atoms with van der Waals surface area (Å²) in [5.74, 6) is 0.382. The summed E-state index contributed by atoms with van der Waals surface area (Å²) in [4.78, 5) is 11.5. The van der Waals surface area contributed by atoms with Gasteiger partial charge in [0.15, 0.2) is 0 Å². The van der Waals surface area contributed by atoms with E-state index in [0.717, 1.165) is 5.56 Å². The fraction of sp³-hybridized carbons (Fsp3) is 0.154. The molecule has 0 spiro atoms. The van der Waals surface area contributed by atoms with Crippen molar-refractivity contribution in [3.8, 4) is 5.75 Å². The monoisotopic (exact) mass is 234 g/mol. The van der Waals surface area contributed by atoms with E-state index in [2.05, 4.69) is 0 Å². The third kappa shape index (κ3) is 2.93. The first-order valence-electron chi connectivity index (χ1n) is 5.12. The Morgan fingerprint density at radius 1 is 1.29 bits per heavy atom. The minimum atomic E-state index is -0.302. The molecule has 2 aromatic rings. The second-order valence-corrected chi connectivity index (χ2v) is 3.63. The molecule has 0 unspecified atom stereocenters. The summed E-state index contributed by atoms with van der Waals surface area (Å²) in [5, 5.41) is 0. The minimum Gasteiger partial charge on any atom is -0.482 e. The Hall–Kier alpha value is -2.10.